The summed E-state index contributed by atoms with van der Waals surface area (Å²) in [5.41, 5.74) is 0.0382. The van der Waals surface area contributed by atoms with Gasteiger partial charge in [0.1, 0.15) is 0 Å². The monoisotopic (exact) mass is 268 g/mol. The van der Waals surface area contributed by atoms with Gasteiger partial charge in [-0.1, -0.05) is 12.8 Å². The van der Waals surface area contributed by atoms with Crippen LogP contribution >= 0.6 is 0 Å². The van der Waals surface area contributed by atoms with E-state index >= 15 is 0 Å². The molecule has 2 aliphatic rings. The summed E-state index contributed by atoms with van der Waals surface area (Å²) in [6.07, 6.45) is 7.71. The first-order valence-electron chi connectivity index (χ1n) is 7.58. The van der Waals surface area contributed by atoms with Gasteiger partial charge in [0, 0.05) is 12.1 Å². The summed E-state index contributed by atoms with van der Waals surface area (Å²) < 4.78 is 6.20. The Balaban J connectivity index is 1.63. The van der Waals surface area contributed by atoms with Crippen molar-refractivity contribution in [3.8, 4) is 0 Å². The SMILES string of the molecule is CC(C)(C)NC(=O)CNCC1CCC2(CCCC2)O1. The summed E-state index contributed by atoms with van der Waals surface area (Å²) in [6.45, 7) is 7.15. The van der Waals surface area contributed by atoms with Crippen molar-refractivity contribution in [1.82, 2.24) is 10.6 Å². The van der Waals surface area contributed by atoms with Gasteiger partial charge in [0.2, 0.25) is 5.91 Å². The average molecular weight is 268 g/mol. The fraction of sp³-hybridized carbons (Fsp3) is 0.933. The van der Waals surface area contributed by atoms with E-state index in [4.69, 9.17) is 4.74 Å². The minimum absolute atomic E-state index is 0.0566. The molecule has 19 heavy (non-hydrogen) atoms. The maximum atomic E-state index is 11.7. The molecule has 4 nitrogen and oxygen atoms in total. The molecule has 0 aromatic heterocycles. The molecule has 1 heterocycles. The molecule has 0 aromatic rings. The van der Waals surface area contributed by atoms with Crippen LogP contribution in [0.2, 0.25) is 0 Å². The maximum Gasteiger partial charge on any atom is 0.234 e. The number of nitrogens with one attached hydrogen (secondary N) is 2. The van der Waals surface area contributed by atoms with E-state index in [1.165, 1.54) is 32.1 Å². The molecular weight excluding hydrogens is 240 g/mol. The first-order chi connectivity index (χ1) is 8.89. The highest BCUT2D eigenvalue weighted by Crippen LogP contribution is 2.43. The van der Waals surface area contributed by atoms with Crippen molar-refractivity contribution < 1.29 is 9.53 Å². The van der Waals surface area contributed by atoms with Crippen LogP contribution in [0.3, 0.4) is 0 Å². The van der Waals surface area contributed by atoms with Crippen LogP contribution in [0, 0.1) is 0 Å². The van der Waals surface area contributed by atoms with Crippen LogP contribution in [0.1, 0.15) is 59.3 Å². The number of hydrogen-bond donors (Lipinski definition) is 2. The first kappa shape index (κ1) is 14.8. The third-order valence-corrected chi connectivity index (χ3v) is 4.03. The second kappa shape index (κ2) is 5.80. The van der Waals surface area contributed by atoms with Crippen molar-refractivity contribution in [1.29, 1.82) is 0 Å². The second-order valence-corrected chi connectivity index (χ2v) is 7.10. The third-order valence-electron chi connectivity index (χ3n) is 4.03. The van der Waals surface area contributed by atoms with Crippen LogP contribution in [0.15, 0.2) is 0 Å². The number of hydrogen-bond acceptors (Lipinski definition) is 3. The van der Waals surface area contributed by atoms with Crippen LogP contribution < -0.4 is 10.6 Å². The van der Waals surface area contributed by atoms with Gasteiger partial charge >= 0.3 is 0 Å². The number of carbonyl (C=O) groups is 1. The lowest BCUT2D eigenvalue weighted by atomic mass is 9.98. The van der Waals surface area contributed by atoms with E-state index in [0.717, 1.165) is 13.0 Å². The van der Waals surface area contributed by atoms with Gasteiger partial charge in [-0.3, -0.25) is 4.79 Å². The zero-order valence-electron chi connectivity index (χ0n) is 12.6. The molecule has 0 radical (unpaired) electrons. The van der Waals surface area contributed by atoms with Gasteiger partial charge in [0.25, 0.3) is 0 Å². The highest BCUT2D eigenvalue weighted by Gasteiger charge is 2.41. The fourth-order valence-electron chi connectivity index (χ4n) is 3.24. The van der Waals surface area contributed by atoms with E-state index in [1.807, 2.05) is 20.8 Å². The highest BCUT2D eigenvalue weighted by atomic mass is 16.5. The molecule has 1 amide bonds. The molecule has 1 saturated heterocycles. The van der Waals surface area contributed by atoms with Gasteiger partial charge in [0.05, 0.1) is 18.2 Å². The molecule has 2 fully saturated rings. The highest BCUT2D eigenvalue weighted by molar-refractivity contribution is 5.78. The Hall–Kier alpha value is -0.610. The van der Waals surface area contributed by atoms with Gasteiger partial charge in [-0.2, -0.15) is 0 Å². The Bertz CT molecular complexity index is 317. The molecule has 0 bridgehead atoms. The molecule has 1 aliphatic carbocycles. The number of amides is 1. The van der Waals surface area contributed by atoms with Crippen molar-refractivity contribution in [2.75, 3.05) is 13.1 Å². The number of ether oxygens (including phenoxy) is 1. The van der Waals surface area contributed by atoms with Gasteiger partial charge in [-0.05, 0) is 46.5 Å². The fourth-order valence-corrected chi connectivity index (χ4v) is 3.24. The lowest BCUT2D eigenvalue weighted by Gasteiger charge is -2.24. The average Bonchev–Trinajstić information content (AvgIpc) is 2.88. The van der Waals surface area contributed by atoms with Gasteiger partial charge < -0.3 is 15.4 Å². The lowest BCUT2D eigenvalue weighted by molar-refractivity contribution is -0.121. The molecule has 110 valence electrons. The summed E-state index contributed by atoms with van der Waals surface area (Å²) in [5, 5.41) is 6.17. The quantitative estimate of drug-likeness (QED) is 0.820. The molecule has 1 aliphatic heterocycles. The van der Waals surface area contributed by atoms with Crippen molar-refractivity contribution in [2.24, 2.45) is 0 Å². The molecule has 1 saturated carbocycles. The van der Waals surface area contributed by atoms with E-state index in [-0.39, 0.29) is 17.0 Å². The van der Waals surface area contributed by atoms with E-state index in [0.29, 0.717) is 12.6 Å². The van der Waals surface area contributed by atoms with Crippen molar-refractivity contribution in [2.45, 2.75) is 76.5 Å². The Morgan fingerprint density at radius 2 is 1.95 bits per heavy atom. The normalized spacial score (nSPS) is 25.9. The molecular formula is C15H28N2O2. The van der Waals surface area contributed by atoms with Crippen LogP contribution in [-0.4, -0.2) is 36.2 Å². The smallest absolute Gasteiger partial charge is 0.234 e. The van der Waals surface area contributed by atoms with Crippen molar-refractivity contribution in [3.63, 3.8) is 0 Å². The minimum Gasteiger partial charge on any atom is -0.370 e. The Morgan fingerprint density at radius 1 is 1.26 bits per heavy atom. The largest absolute Gasteiger partial charge is 0.370 e. The van der Waals surface area contributed by atoms with Crippen molar-refractivity contribution >= 4 is 5.91 Å². The zero-order chi connectivity index (χ0) is 13.9. The molecule has 1 spiro atoms. The van der Waals surface area contributed by atoms with E-state index in [9.17, 15) is 4.79 Å². The Morgan fingerprint density at radius 3 is 2.58 bits per heavy atom. The van der Waals surface area contributed by atoms with Gasteiger partial charge in [0.15, 0.2) is 0 Å². The van der Waals surface area contributed by atoms with E-state index in [2.05, 4.69) is 10.6 Å². The van der Waals surface area contributed by atoms with Crippen LogP contribution in [-0.2, 0) is 9.53 Å². The topological polar surface area (TPSA) is 50.4 Å². The summed E-state index contributed by atoms with van der Waals surface area (Å²) in [6, 6.07) is 0. The Kier molecular flexibility index (Phi) is 4.51. The second-order valence-electron chi connectivity index (χ2n) is 7.10. The molecule has 4 heteroatoms. The molecule has 1 atom stereocenters. The zero-order valence-corrected chi connectivity index (χ0v) is 12.6. The first-order valence-corrected chi connectivity index (χ1v) is 7.58. The van der Waals surface area contributed by atoms with Crippen LogP contribution in [0.5, 0.6) is 0 Å². The van der Waals surface area contributed by atoms with Gasteiger partial charge in [-0.25, -0.2) is 0 Å². The molecule has 1 unspecified atom stereocenters. The summed E-state index contributed by atoms with van der Waals surface area (Å²) >= 11 is 0. The van der Waals surface area contributed by atoms with Crippen molar-refractivity contribution in [3.05, 3.63) is 0 Å². The molecule has 2 rings (SSSR count). The standard InChI is InChI=1S/C15H28N2O2/c1-14(2,3)17-13(18)11-16-10-12-6-9-15(19-12)7-4-5-8-15/h12,16H,4-11H2,1-3H3,(H,17,18). The van der Waals surface area contributed by atoms with Crippen LogP contribution in [0.25, 0.3) is 0 Å². The van der Waals surface area contributed by atoms with Gasteiger partial charge in [-0.15, -0.1) is 0 Å². The Labute approximate surface area is 116 Å². The predicted molar refractivity (Wildman–Crippen MR) is 76.1 cm³/mol. The van der Waals surface area contributed by atoms with E-state index < -0.39 is 0 Å². The number of rotatable bonds is 4. The minimum atomic E-state index is -0.156. The summed E-state index contributed by atoms with van der Waals surface area (Å²) in [7, 11) is 0. The third kappa shape index (κ3) is 4.46. The maximum absolute atomic E-state index is 11.7. The van der Waals surface area contributed by atoms with Crippen LogP contribution in [0.4, 0.5) is 0 Å². The number of carbonyl (C=O) groups excluding carboxylic acids is 1. The lowest BCUT2D eigenvalue weighted by Crippen LogP contribution is -2.45. The summed E-state index contributed by atoms with van der Waals surface area (Å²) in [5.74, 6) is 0.0566. The molecule has 2 N–H and O–H groups in total. The van der Waals surface area contributed by atoms with E-state index in [1.54, 1.807) is 0 Å². The predicted octanol–water partition coefficient (Wildman–Crippen LogP) is 1.98. The summed E-state index contributed by atoms with van der Waals surface area (Å²) in [4.78, 5) is 11.7. The molecule has 0 aromatic carbocycles.